The zero-order chi connectivity index (χ0) is 13.8. The van der Waals surface area contributed by atoms with E-state index in [1.807, 2.05) is 31.4 Å². The Hall–Kier alpha value is -0.900. The fraction of sp³-hybridized carbons (Fsp3) is 0.333. The molecule has 0 aliphatic heterocycles. The molecule has 0 saturated heterocycles. The highest BCUT2D eigenvalue weighted by Gasteiger charge is 2.19. The quantitative estimate of drug-likeness (QED) is 0.840. The van der Waals surface area contributed by atoms with E-state index in [2.05, 4.69) is 5.32 Å². The maximum atomic E-state index is 13.8. The molecule has 2 aromatic rings. The standard InChI is InChI=1S/C15H17ClFNS/c1-3-18-13(15-14(16)10(2)9-19-15)8-11-6-4-5-7-12(11)17/h4-7,9,13,18H,3,8H2,1-2H3. The third-order valence-corrected chi connectivity index (χ3v) is 4.90. The van der Waals surface area contributed by atoms with Gasteiger partial charge < -0.3 is 5.32 Å². The summed E-state index contributed by atoms with van der Waals surface area (Å²) in [7, 11) is 0. The van der Waals surface area contributed by atoms with E-state index in [0.717, 1.165) is 27.6 Å². The average molecular weight is 298 g/mol. The van der Waals surface area contributed by atoms with Crippen LogP contribution in [0.1, 0.15) is 29.0 Å². The van der Waals surface area contributed by atoms with Crippen LogP contribution in [0.3, 0.4) is 0 Å². The molecule has 1 nitrogen and oxygen atoms in total. The molecular weight excluding hydrogens is 281 g/mol. The molecule has 1 aromatic heterocycles. The van der Waals surface area contributed by atoms with Gasteiger partial charge in [-0.25, -0.2) is 4.39 Å². The molecule has 19 heavy (non-hydrogen) atoms. The van der Waals surface area contributed by atoms with Crippen molar-refractivity contribution in [1.29, 1.82) is 0 Å². The number of hydrogen-bond acceptors (Lipinski definition) is 2. The number of thiophene rings is 1. The number of hydrogen-bond donors (Lipinski definition) is 1. The van der Waals surface area contributed by atoms with E-state index in [1.165, 1.54) is 6.07 Å². The van der Waals surface area contributed by atoms with Crippen molar-refractivity contribution in [1.82, 2.24) is 5.32 Å². The van der Waals surface area contributed by atoms with Gasteiger partial charge in [0.15, 0.2) is 0 Å². The molecule has 0 saturated carbocycles. The smallest absolute Gasteiger partial charge is 0.126 e. The molecule has 1 heterocycles. The molecule has 1 atom stereocenters. The van der Waals surface area contributed by atoms with Crippen LogP contribution in [-0.4, -0.2) is 6.54 Å². The number of rotatable bonds is 5. The van der Waals surface area contributed by atoms with Crippen LogP contribution >= 0.6 is 22.9 Å². The Morgan fingerprint density at radius 1 is 1.37 bits per heavy atom. The number of likely N-dealkylation sites (N-methyl/N-ethyl adjacent to an activating group) is 1. The van der Waals surface area contributed by atoms with E-state index in [0.29, 0.717) is 6.42 Å². The first-order valence-electron chi connectivity index (χ1n) is 6.33. The Labute approximate surface area is 122 Å². The van der Waals surface area contributed by atoms with E-state index in [1.54, 1.807) is 17.4 Å². The maximum absolute atomic E-state index is 13.8. The Morgan fingerprint density at radius 2 is 2.11 bits per heavy atom. The van der Waals surface area contributed by atoms with Crippen molar-refractivity contribution in [3.63, 3.8) is 0 Å². The minimum atomic E-state index is -0.158. The lowest BCUT2D eigenvalue weighted by atomic mass is 10.0. The van der Waals surface area contributed by atoms with Gasteiger partial charge in [-0.1, -0.05) is 36.7 Å². The summed E-state index contributed by atoms with van der Waals surface area (Å²) in [6.07, 6.45) is 0.611. The summed E-state index contributed by atoms with van der Waals surface area (Å²) in [5.41, 5.74) is 1.80. The van der Waals surface area contributed by atoms with Crippen LogP contribution < -0.4 is 5.32 Å². The molecule has 0 spiro atoms. The summed E-state index contributed by atoms with van der Waals surface area (Å²) < 4.78 is 13.8. The maximum Gasteiger partial charge on any atom is 0.126 e. The molecule has 1 N–H and O–H groups in total. The average Bonchev–Trinajstić information content (AvgIpc) is 2.72. The normalized spacial score (nSPS) is 12.6. The topological polar surface area (TPSA) is 12.0 Å². The molecule has 0 bridgehead atoms. The molecule has 1 aromatic carbocycles. The Morgan fingerprint density at radius 3 is 2.68 bits per heavy atom. The molecule has 0 amide bonds. The minimum absolute atomic E-state index is 0.0631. The Kier molecular flexibility index (Phi) is 4.97. The lowest BCUT2D eigenvalue weighted by Crippen LogP contribution is -2.22. The molecule has 1 unspecified atom stereocenters. The zero-order valence-corrected chi connectivity index (χ0v) is 12.6. The highest BCUT2D eigenvalue weighted by Crippen LogP contribution is 2.34. The fourth-order valence-corrected chi connectivity index (χ4v) is 3.47. The second kappa shape index (κ2) is 6.51. The lowest BCUT2D eigenvalue weighted by molar-refractivity contribution is 0.534. The highest BCUT2D eigenvalue weighted by molar-refractivity contribution is 7.10. The summed E-state index contributed by atoms with van der Waals surface area (Å²) >= 11 is 7.95. The number of benzene rings is 1. The highest BCUT2D eigenvalue weighted by atomic mass is 35.5. The molecule has 0 aliphatic rings. The summed E-state index contributed by atoms with van der Waals surface area (Å²) in [4.78, 5) is 1.09. The van der Waals surface area contributed by atoms with Crippen LogP contribution in [0.2, 0.25) is 5.02 Å². The van der Waals surface area contributed by atoms with Crippen molar-refractivity contribution in [2.45, 2.75) is 26.3 Å². The first-order chi connectivity index (χ1) is 9.13. The van der Waals surface area contributed by atoms with E-state index >= 15 is 0 Å². The van der Waals surface area contributed by atoms with Crippen LogP contribution in [0.25, 0.3) is 0 Å². The summed E-state index contributed by atoms with van der Waals surface area (Å²) in [5, 5.41) is 6.23. The molecule has 0 aliphatic carbocycles. The van der Waals surface area contributed by atoms with Gasteiger partial charge in [-0.2, -0.15) is 0 Å². The van der Waals surface area contributed by atoms with Crippen LogP contribution in [0.5, 0.6) is 0 Å². The first-order valence-corrected chi connectivity index (χ1v) is 7.59. The van der Waals surface area contributed by atoms with Crippen molar-refractivity contribution in [2.24, 2.45) is 0 Å². The molecule has 4 heteroatoms. The van der Waals surface area contributed by atoms with Crippen molar-refractivity contribution in [2.75, 3.05) is 6.54 Å². The lowest BCUT2D eigenvalue weighted by Gasteiger charge is -2.17. The monoisotopic (exact) mass is 297 g/mol. The second-order valence-electron chi connectivity index (χ2n) is 4.50. The van der Waals surface area contributed by atoms with E-state index in [4.69, 9.17) is 11.6 Å². The number of nitrogens with one attached hydrogen (secondary N) is 1. The second-order valence-corrected chi connectivity index (χ2v) is 5.79. The van der Waals surface area contributed by atoms with Crippen molar-refractivity contribution >= 4 is 22.9 Å². The van der Waals surface area contributed by atoms with Gasteiger partial charge in [0.25, 0.3) is 0 Å². The van der Waals surface area contributed by atoms with Crippen LogP contribution in [0, 0.1) is 12.7 Å². The number of halogens is 2. The Bertz CT molecular complexity index is 553. The largest absolute Gasteiger partial charge is 0.309 e. The van der Waals surface area contributed by atoms with Gasteiger partial charge in [0.05, 0.1) is 5.02 Å². The predicted molar refractivity (Wildman–Crippen MR) is 80.6 cm³/mol. The van der Waals surface area contributed by atoms with Crippen molar-refractivity contribution < 1.29 is 4.39 Å². The van der Waals surface area contributed by atoms with Gasteiger partial charge in [-0.3, -0.25) is 0 Å². The molecular formula is C15H17ClFNS. The summed E-state index contributed by atoms with van der Waals surface area (Å²) in [6, 6.07) is 6.97. The van der Waals surface area contributed by atoms with Gasteiger partial charge >= 0.3 is 0 Å². The van der Waals surface area contributed by atoms with Crippen LogP contribution in [-0.2, 0) is 6.42 Å². The van der Waals surface area contributed by atoms with E-state index < -0.39 is 0 Å². The van der Waals surface area contributed by atoms with Gasteiger partial charge in [0.1, 0.15) is 5.82 Å². The van der Waals surface area contributed by atoms with Gasteiger partial charge in [0, 0.05) is 10.9 Å². The predicted octanol–water partition coefficient (Wildman–Crippen LogP) is 4.74. The van der Waals surface area contributed by atoms with Gasteiger partial charge in [0.2, 0.25) is 0 Å². The van der Waals surface area contributed by atoms with Crippen LogP contribution in [0.4, 0.5) is 4.39 Å². The van der Waals surface area contributed by atoms with E-state index in [9.17, 15) is 4.39 Å². The van der Waals surface area contributed by atoms with Gasteiger partial charge in [-0.15, -0.1) is 11.3 Å². The Balaban J connectivity index is 2.26. The zero-order valence-electron chi connectivity index (χ0n) is 11.0. The third-order valence-electron chi connectivity index (χ3n) is 3.07. The fourth-order valence-electron chi connectivity index (χ4n) is 2.07. The minimum Gasteiger partial charge on any atom is -0.309 e. The summed E-state index contributed by atoms with van der Waals surface area (Å²) in [6.45, 7) is 4.86. The number of aryl methyl sites for hydroxylation is 1. The van der Waals surface area contributed by atoms with Crippen molar-refractivity contribution in [3.05, 3.63) is 56.5 Å². The molecule has 102 valence electrons. The van der Waals surface area contributed by atoms with Crippen molar-refractivity contribution in [3.8, 4) is 0 Å². The first kappa shape index (κ1) is 14.5. The SMILES string of the molecule is CCNC(Cc1ccccc1F)c1scc(C)c1Cl. The molecule has 0 fully saturated rings. The molecule has 0 radical (unpaired) electrons. The van der Waals surface area contributed by atoms with Crippen LogP contribution in [0.15, 0.2) is 29.6 Å². The third kappa shape index (κ3) is 3.35. The van der Waals surface area contributed by atoms with E-state index in [-0.39, 0.29) is 11.9 Å². The molecule has 2 rings (SSSR count). The summed E-state index contributed by atoms with van der Waals surface area (Å²) in [5.74, 6) is -0.158. The van der Waals surface area contributed by atoms with Gasteiger partial charge in [-0.05, 0) is 42.5 Å².